The normalized spacial score (nSPS) is 16.0. The molecule has 0 radical (unpaired) electrons. The summed E-state index contributed by atoms with van der Waals surface area (Å²) in [5, 5.41) is 7.02. The zero-order valence-electron chi connectivity index (χ0n) is 16.2. The van der Waals surface area contributed by atoms with E-state index in [1.807, 2.05) is 44.2 Å². The van der Waals surface area contributed by atoms with Gasteiger partial charge in [-0.05, 0) is 26.8 Å². The molecule has 7 nitrogen and oxygen atoms in total. The van der Waals surface area contributed by atoms with Gasteiger partial charge in [0.2, 0.25) is 17.6 Å². The molecule has 1 aromatic heterocycles. The minimum Gasteiger partial charge on any atom is -0.353 e. The summed E-state index contributed by atoms with van der Waals surface area (Å²) in [5.74, 6) is 1.46. The van der Waals surface area contributed by atoms with Gasteiger partial charge in [-0.1, -0.05) is 35.5 Å². The number of carbonyl (C=O) groups is 1. The Morgan fingerprint density at radius 2 is 1.85 bits per heavy atom. The third-order valence-electron chi connectivity index (χ3n) is 4.65. The Balaban J connectivity index is 1.35. The molecule has 2 heterocycles. The Kier molecular flexibility index (Phi) is 6.95. The van der Waals surface area contributed by atoms with Crippen molar-refractivity contribution >= 4 is 5.91 Å². The predicted molar refractivity (Wildman–Crippen MR) is 104 cm³/mol. The van der Waals surface area contributed by atoms with Gasteiger partial charge in [0, 0.05) is 44.2 Å². The number of piperazine rings is 1. The fraction of sp³-hybridized carbons (Fsp3) is 0.550. The summed E-state index contributed by atoms with van der Waals surface area (Å²) in [6.07, 6.45) is 1.78. The van der Waals surface area contributed by atoms with Crippen molar-refractivity contribution in [2.75, 3.05) is 39.3 Å². The van der Waals surface area contributed by atoms with Gasteiger partial charge >= 0.3 is 0 Å². The summed E-state index contributed by atoms with van der Waals surface area (Å²) >= 11 is 0. The maximum absolute atomic E-state index is 11.8. The van der Waals surface area contributed by atoms with E-state index in [1.54, 1.807) is 0 Å². The summed E-state index contributed by atoms with van der Waals surface area (Å²) in [6, 6.07) is 10.1. The second kappa shape index (κ2) is 9.62. The van der Waals surface area contributed by atoms with E-state index in [0.717, 1.165) is 51.1 Å². The number of nitrogens with zero attached hydrogens (tertiary/aromatic N) is 4. The van der Waals surface area contributed by atoms with Gasteiger partial charge in [0.1, 0.15) is 0 Å². The summed E-state index contributed by atoms with van der Waals surface area (Å²) < 4.78 is 5.37. The first-order valence-electron chi connectivity index (χ1n) is 9.72. The van der Waals surface area contributed by atoms with Gasteiger partial charge in [0.05, 0.1) is 6.54 Å². The number of amides is 1. The molecule has 0 bridgehead atoms. The van der Waals surface area contributed by atoms with Gasteiger partial charge in [0.15, 0.2) is 0 Å². The molecular weight excluding hydrogens is 342 g/mol. The number of benzene rings is 1. The van der Waals surface area contributed by atoms with Crippen LogP contribution in [0.15, 0.2) is 34.9 Å². The van der Waals surface area contributed by atoms with Crippen molar-refractivity contribution in [1.29, 1.82) is 0 Å². The monoisotopic (exact) mass is 371 g/mol. The van der Waals surface area contributed by atoms with E-state index in [-0.39, 0.29) is 11.9 Å². The quantitative estimate of drug-likeness (QED) is 0.763. The average Bonchev–Trinajstić information content (AvgIpc) is 3.12. The van der Waals surface area contributed by atoms with E-state index in [4.69, 9.17) is 4.52 Å². The molecule has 0 atom stereocenters. The molecule has 1 fully saturated rings. The Hall–Kier alpha value is -2.25. The smallest absolute Gasteiger partial charge is 0.234 e. The van der Waals surface area contributed by atoms with Crippen LogP contribution in [0.2, 0.25) is 0 Å². The van der Waals surface area contributed by atoms with Gasteiger partial charge in [-0.15, -0.1) is 0 Å². The van der Waals surface area contributed by atoms with E-state index in [0.29, 0.717) is 18.3 Å². The number of rotatable bonds is 8. The Bertz CT molecular complexity index is 708. The van der Waals surface area contributed by atoms with E-state index < -0.39 is 0 Å². The van der Waals surface area contributed by atoms with Crippen LogP contribution in [-0.2, 0) is 11.2 Å². The highest BCUT2D eigenvalue weighted by molar-refractivity contribution is 5.78. The van der Waals surface area contributed by atoms with E-state index >= 15 is 0 Å². The fourth-order valence-electron chi connectivity index (χ4n) is 3.26. The van der Waals surface area contributed by atoms with Crippen molar-refractivity contribution in [2.45, 2.75) is 32.7 Å². The van der Waals surface area contributed by atoms with Crippen LogP contribution in [0.5, 0.6) is 0 Å². The van der Waals surface area contributed by atoms with Crippen LogP contribution >= 0.6 is 0 Å². The molecule has 27 heavy (non-hydrogen) atoms. The lowest BCUT2D eigenvalue weighted by Gasteiger charge is -2.34. The molecule has 0 aliphatic carbocycles. The second-order valence-corrected chi connectivity index (χ2v) is 7.32. The molecule has 1 amide bonds. The predicted octanol–water partition coefficient (Wildman–Crippen LogP) is 1.81. The average molecular weight is 371 g/mol. The number of aryl methyl sites for hydroxylation is 1. The maximum atomic E-state index is 11.8. The highest BCUT2D eigenvalue weighted by Gasteiger charge is 2.19. The number of hydrogen-bond donors (Lipinski definition) is 1. The van der Waals surface area contributed by atoms with Gasteiger partial charge in [-0.3, -0.25) is 9.69 Å². The minimum absolute atomic E-state index is 0.115. The highest BCUT2D eigenvalue weighted by atomic mass is 16.5. The van der Waals surface area contributed by atoms with Crippen LogP contribution in [0.1, 0.15) is 26.2 Å². The lowest BCUT2D eigenvalue weighted by atomic mass is 10.2. The number of nitrogens with one attached hydrogen (secondary N) is 1. The molecular formula is C20H29N5O2. The first-order valence-corrected chi connectivity index (χ1v) is 9.72. The van der Waals surface area contributed by atoms with Crippen molar-refractivity contribution in [1.82, 2.24) is 25.3 Å². The van der Waals surface area contributed by atoms with Gasteiger partial charge in [-0.25, -0.2) is 0 Å². The largest absolute Gasteiger partial charge is 0.353 e. The molecule has 0 spiro atoms. The molecule has 1 aliphatic heterocycles. The Morgan fingerprint density at radius 3 is 2.56 bits per heavy atom. The van der Waals surface area contributed by atoms with Crippen molar-refractivity contribution in [3.05, 3.63) is 36.2 Å². The summed E-state index contributed by atoms with van der Waals surface area (Å²) in [4.78, 5) is 21.0. The van der Waals surface area contributed by atoms with Gasteiger partial charge < -0.3 is 14.7 Å². The Labute approximate surface area is 160 Å². The Morgan fingerprint density at radius 1 is 1.15 bits per heavy atom. The third kappa shape index (κ3) is 6.15. The summed E-state index contributed by atoms with van der Waals surface area (Å²) in [5.41, 5.74) is 0.977. The summed E-state index contributed by atoms with van der Waals surface area (Å²) in [6.45, 7) is 9.34. The van der Waals surface area contributed by atoms with Gasteiger partial charge in [-0.2, -0.15) is 4.98 Å². The lowest BCUT2D eigenvalue weighted by molar-refractivity contribution is -0.123. The molecule has 1 aromatic carbocycles. The first kappa shape index (κ1) is 19.5. The van der Waals surface area contributed by atoms with Crippen molar-refractivity contribution in [2.24, 2.45) is 0 Å². The second-order valence-electron chi connectivity index (χ2n) is 7.32. The third-order valence-corrected chi connectivity index (χ3v) is 4.65. The summed E-state index contributed by atoms with van der Waals surface area (Å²) in [7, 11) is 0. The molecule has 0 saturated carbocycles. The van der Waals surface area contributed by atoms with Crippen LogP contribution < -0.4 is 5.32 Å². The lowest BCUT2D eigenvalue weighted by Crippen LogP contribution is -2.50. The first-order chi connectivity index (χ1) is 13.1. The van der Waals surface area contributed by atoms with E-state index in [2.05, 4.69) is 25.3 Å². The molecule has 1 aliphatic rings. The number of hydrogen-bond acceptors (Lipinski definition) is 6. The molecule has 1 N–H and O–H groups in total. The van der Waals surface area contributed by atoms with Gasteiger partial charge in [0.25, 0.3) is 0 Å². The maximum Gasteiger partial charge on any atom is 0.234 e. The fourth-order valence-corrected chi connectivity index (χ4v) is 3.26. The van der Waals surface area contributed by atoms with Crippen LogP contribution in [-0.4, -0.2) is 71.2 Å². The molecule has 3 rings (SSSR count). The van der Waals surface area contributed by atoms with Crippen molar-refractivity contribution in [3.63, 3.8) is 0 Å². The molecule has 1 saturated heterocycles. The van der Waals surface area contributed by atoms with E-state index in [1.165, 1.54) is 0 Å². The standard InChI is InChI=1S/C20H29N5O2/c1-16(2)21-18(26)15-25-13-11-24(12-14-25)10-6-9-19-22-20(23-27-19)17-7-4-3-5-8-17/h3-5,7-8,16H,6,9-15H2,1-2H3,(H,21,26). The van der Waals surface area contributed by atoms with E-state index in [9.17, 15) is 4.79 Å². The molecule has 2 aromatic rings. The molecule has 7 heteroatoms. The van der Waals surface area contributed by atoms with Crippen LogP contribution in [0.4, 0.5) is 0 Å². The van der Waals surface area contributed by atoms with Crippen molar-refractivity contribution in [3.8, 4) is 11.4 Å². The number of carbonyl (C=O) groups excluding carboxylic acids is 1. The molecule has 0 unspecified atom stereocenters. The molecule has 146 valence electrons. The highest BCUT2D eigenvalue weighted by Crippen LogP contribution is 2.15. The minimum atomic E-state index is 0.115. The van der Waals surface area contributed by atoms with Crippen LogP contribution in [0.25, 0.3) is 11.4 Å². The van der Waals surface area contributed by atoms with Crippen molar-refractivity contribution < 1.29 is 9.32 Å². The number of aromatic nitrogens is 2. The SMILES string of the molecule is CC(C)NC(=O)CN1CCN(CCCc2nc(-c3ccccc3)no2)CC1. The topological polar surface area (TPSA) is 74.5 Å². The zero-order valence-corrected chi connectivity index (χ0v) is 16.2. The van der Waals surface area contributed by atoms with Crippen LogP contribution in [0, 0.1) is 0 Å². The van der Waals surface area contributed by atoms with Crippen LogP contribution in [0.3, 0.4) is 0 Å². The zero-order chi connectivity index (χ0) is 19.1.